The van der Waals surface area contributed by atoms with E-state index < -0.39 is 34.7 Å². The standard InChI is InChI=1S/C9H6F3NO3/c10-9(11,12)4-1-2-5(7(13)14)6(3-4)8(15)16/h1-3H,(H2,13,14)(H,15,16). The minimum Gasteiger partial charge on any atom is -0.478 e. The molecule has 0 bridgehead atoms. The van der Waals surface area contributed by atoms with Crippen LogP contribution in [-0.4, -0.2) is 17.0 Å². The molecular formula is C9H6F3NO3. The summed E-state index contributed by atoms with van der Waals surface area (Å²) in [4.78, 5) is 21.4. The van der Waals surface area contributed by atoms with Crippen molar-refractivity contribution in [3.8, 4) is 0 Å². The lowest BCUT2D eigenvalue weighted by molar-refractivity contribution is -0.137. The fourth-order valence-corrected chi connectivity index (χ4v) is 1.11. The van der Waals surface area contributed by atoms with Gasteiger partial charge in [0, 0.05) is 0 Å². The number of hydrogen-bond acceptors (Lipinski definition) is 2. The molecule has 0 atom stereocenters. The van der Waals surface area contributed by atoms with E-state index in [1.807, 2.05) is 0 Å². The Hall–Kier alpha value is -2.05. The smallest absolute Gasteiger partial charge is 0.416 e. The minimum absolute atomic E-state index is 0.377. The van der Waals surface area contributed by atoms with Crippen molar-refractivity contribution < 1.29 is 27.9 Å². The van der Waals surface area contributed by atoms with E-state index in [1.54, 1.807) is 0 Å². The van der Waals surface area contributed by atoms with Gasteiger partial charge in [-0.05, 0) is 18.2 Å². The number of carboxylic acid groups (broad SMARTS) is 1. The van der Waals surface area contributed by atoms with Crippen molar-refractivity contribution in [1.82, 2.24) is 0 Å². The predicted molar refractivity (Wildman–Crippen MR) is 46.9 cm³/mol. The summed E-state index contributed by atoms with van der Waals surface area (Å²) in [5, 5.41) is 8.63. The zero-order valence-electron chi connectivity index (χ0n) is 7.71. The number of alkyl halides is 3. The van der Waals surface area contributed by atoms with Crippen LogP contribution in [0, 0.1) is 0 Å². The highest BCUT2D eigenvalue weighted by Gasteiger charge is 2.32. The molecule has 0 unspecified atom stereocenters. The van der Waals surface area contributed by atoms with Gasteiger partial charge in [0.1, 0.15) is 0 Å². The van der Waals surface area contributed by atoms with Gasteiger partial charge in [-0.25, -0.2) is 4.79 Å². The van der Waals surface area contributed by atoms with Gasteiger partial charge < -0.3 is 10.8 Å². The normalized spacial score (nSPS) is 11.2. The number of rotatable bonds is 2. The van der Waals surface area contributed by atoms with Crippen molar-refractivity contribution in [2.45, 2.75) is 6.18 Å². The summed E-state index contributed by atoms with van der Waals surface area (Å²) in [6.45, 7) is 0. The molecule has 0 heterocycles. The van der Waals surface area contributed by atoms with E-state index in [-0.39, 0.29) is 0 Å². The number of primary amides is 1. The Morgan fingerprint density at radius 3 is 2.12 bits per heavy atom. The van der Waals surface area contributed by atoms with Crippen LogP contribution in [0.15, 0.2) is 18.2 Å². The second kappa shape index (κ2) is 3.84. The summed E-state index contributed by atoms with van der Waals surface area (Å²) >= 11 is 0. The Bertz CT molecular complexity index is 454. The predicted octanol–water partition coefficient (Wildman–Crippen LogP) is 1.50. The highest BCUT2D eigenvalue weighted by atomic mass is 19.4. The summed E-state index contributed by atoms with van der Waals surface area (Å²) < 4.78 is 36.8. The maximum absolute atomic E-state index is 12.3. The molecule has 1 amide bonds. The molecule has 0 saturated heterocycles. The van der Waals surface area contributed by atoms with Crippen LogP contribution in [0.5, 0.6) is 0 Å². The third-order valence-electron chi connectivity index (χ3n) is 1.84. The monoisotopic (exact) mass is 233 g/mol. The highest BCUT2D eigenvalue weighted by molar-refractivity contribution is 6.04. The van der Waals surface area contributed by atoms with Gasteiger partial charge in [-0.15, -0.1) is 0 Å². The number of carboxylic acids is 1. The van der Waals surface area contributed by atoms with Crippen molar-refractivity contribution in [2.75, 3.05) is 0 Å². The molecule has 7 heteroatoms. The maximum Gasteiger partial charge on any atom is 0.416 e. The first-order valence-corrected chi connectivity index (χ1v) is 3.98. The molecule has 3 N–H and O–H groups in total. The molecule has 1 aromatic rings. The molecule has 0 radical (unpaired) electrons. The van der Waals surface area contributed by atoms with Gasteiger partial charge in [-0.3, -0.25) is 4.79 Å². The lowest BCUT2D eigenvalue weighted by Gasteiger charge is -2.09. The molecule has 0 aliphatic heterocycles. The topological polar surface area (TPSA) is 80.4 Å². The van der Waals surface area contributed by atoms with Gasteiger partial charge in [0.05, 0.1) is 16.7 Å². The Labute approximate surface area is 87.5 Å². The number of carbonyl (C=O) groups excluding carboxylic acids is 1. The van der Waals surface area contributed by atoms with E-state index in [0.29, 0.717) is 12.1 Å². The first-order valence-electron chi connectivity index (χ1n) is 3.98. The fraction of sp³-hybridized carbons (Fsp3) is 0.111. The average Bonchev–Trinajstić information content (AvgIpc) is 2.15. The fourth-order valence-electron chi connectivity index (χ4n) is 1.11. The van der Waals surface area contributed by atoms with Crippen LogP contribution in [-0.2, 0) is 6.18 Å². The molecule has 0 aromatic heterocycles. The highest BCUT2D eigenvalue weighted by Crippen LogP contribution is 2.30. The number of amides is 1. The molecule has 0 aliphatic carbocycles. The van der Waals surface area contributed by atoms with Crippen LogP contribution in [0.1, 0.15) is 26.3 Å². The molecular weight excluding hydrogens is 227 g/mol. The first kappa shape index (κ1) is 12.0. The van der Waals surface area contributed by atoms with Crippen LogP contribution in [0.4, 0.5) is 13.2 Å². The van der Waals surface area contributed by atoms with Gasteiger partial charge in [-0.2, -0.15) is 13.2 Å². The Kier molecular flexibility index (Phi) is 2.88. The molecule has 1 rings (SSSR count). The molecule has 86 valence electrons. The number of benzene rings is 1. The van der Waals surface area contributed by atoms with Crippen LogP contribution < -0.4 is 5.73 Å². The second-order valence-corrected chi connectivity index (χ2v) is 2.93. The van der Waals surface area contributed by atoms with E-state index in [4.69, 9.17) is 10.8 Å². The van der Waals surface area contributed by atoms with Crippen LogP contribution in [0.3, 0.4) is 0 Å². The van der Waals surface area contributed by atoms with Gasteiger partial charge in [-0.1, -0.05) is 0 Å². The van der Waals surface area contributed by atoms with Gasteiger partial charge in [0.25, 0.3) is 0 Å². The summed E-state index contributed by atoms with van der Waals surface area (Å²) in [6, 6.07) is 1.73. The molecule has 1 aromatic carbocycles. The van der Waals surface area contributed by atoms with Crippen molar-refractivity contribution in [3.63, 3.8) is 0 Å². The minimum atomic E-state index is -4.67. The van der Waals surface area contributed by atoms with Gasteiger partial charge >= 0.3 is 12.1 Å². The lowest BCUT2D eigenvalue weighted by Crippen LogP contribution is -2.17. The summed E-state index contributed by atoms with van der Waals surface area (Å²) in [7, 11) is 0. The quantitative estimate of drug-likeness (QED) is 0.812. The number of aromatic carboxylic acids is 1. The van der Waals surface area contributed by atoms with Gasteiger partial charge in [0.2, 0.25) is 5.91 Å². The van der Waals surface area contributed by atoms with E-state index >= 15 is 0 Å². The number of halogens is 3. The average molecular weight is 233 g/mol. The molecule has 0 saturated carbocycles. The lowest BCUT2D eigenvalue weighted by atomic mass is 10.0. The van der Waals surface area contributed by atoms with E-state index in [2.05, 4.69) is 0 Å². The van der Waals surface area contributed by atoms with Crippen molar-refractivity contribution >= 4 is 11.9 Å². The third-order valence-corrected chi connectivity index (χ3v) is 1.84. The van der Waals surface area contributed by atoms with Crippen molar-refractivity contribution in [3.05, 3.63) is 34.9 Å². The maximum atomic E-state index is 12.3. The molecule has 0 spiro atoms. The Balaban J connectivity index is 3.40. The van der Waals surface area contributed by atoms with Crippen LogP contribution in [0.25, 0.3) is 0 Å². The Morgan fingerprint density at radius 2 is 1.75 bits per heavy atom. The number of carbonyl (C=O) groups is 2. The van der Waals surface area contributed by atoms with Crippen molar-refractivity contribution in [2.24, 2.45) is 5.73 Å². The molecule has 4 nitrogen and oxygen atoms in total. The summed E-state index contributed by atoms with van der Waals surface area (Å²) in [6.07, 6.45) is -4.67. The summed E-state index contributed by atoms with van der Waals surface area (Å²) in [5.74, 6) is -2.73. The number of nitrogens with two attached hydrogens (primary N) is 1. The SMILES string of the molecule is NC(=O)c1ccc(C(F)(F)F)cc1C(=O)O. The third kappa shape index (κ3) is 2.30. The van der Waals surface area contributed by atoms with E-state index in [0.717, 1.165) is 6.07 Å². The van der Waals surface area contributed by atoms with Crippen LogP contribution >= 0.6 is 0 Å². The largest absolute Gasteiger partial charge is 0.478 e. The number of hydrogen-bond donors (Lipinski definition) is 2. The molecule has 0 fully saturated rings. The zero-order chi connectivity index (χ0) is 12.5. The zero-order valence-corrected chi connectivity index (χ0v) is 7.71. The van der Waals surface area contributed by atoms with Gasteiger partial charge in [0.15, 0.2) is 0 Å². The first-order chi connectivity index (χ1) is 7.23. The van der Waals surface area contributed by atoms with Crippen molar-refractivity contribution in [1.29, 1.82) is 0 Å². The van der Waals surface area contributed by atoms with E-state index in [9.17, 15) is 22.8 Å². The second-order valence-electron chi connectivity index (χ2n) is 2.93. The molecule has 16 heavy (non-hydrogen) atoms. The van der Waals surface area contributed by atoms with E-state index in [1.165, 1.54) is 0 Å². The molecule has 0 aliphatic rings. The summed E-state index contributed by atoms with van der Waals surface area (Å²) in [5.41, 5.74) is 2.46. The van der Waals surface area contributed by atoms with Crippen LogP contribution in [0.2, 0.25) is 0 Å². The Morgan fingerprint density at radius 1 is 1.19 bits per heavy atom.